The Morgan fingerprint density at radius 3 is 2.38 bits per heavy atom. The van der Waals surface area contributed by atoms with Crippen LogP contribution in [-0.4, -0.2) is 12.5 Å². The summed E-state index contributed by atoms with van der Waals surface area (Å²) in [6, 6.07) is 7.29. The van der Waals surface area contributed by atoms with E-state index in [9.17, 15) is 4.79 Å². The molecule has 1 atom stereocenters. The minimum Gasteiger partial charge on any atom is -0.354 e. The molecule has 1 aromatic carbocycles. The molecule has 2 rings (SSSR count). The summed E-state index contributed by atoms with van der Waals surface area (Å²) in [6.45, 7) is 5.01. The lowest BCUT2D eigenvalue weighted by Crippen LogP contribution is -2.40. The van der Waals surface area contributed by atoms with E-state index in [1.54, 1.807) is 0 Å². The summed E-state index contributed by atoms with van der Waals surface area (Å²) in [5.41, 5.74) is 8.41. The predicted molar refractivity (Wildman–Crippen MR) is 89.6 cm³/mol. The molecule has 118 valence electrons. The molecule has 0 aliphatic heterocycles. The fraction of sp³-hybridized carbons (Fsp3) is 0.588. The second-order valence-corrected chi connectivity index (χ2v) is 6.17. The molecular weight excluding hydrogens is 284 g/mol. The van der Waals surface area contributed by atoms with Gasteiger partial charge < -0.3 is 11.1 Å². The van der Waals surface area contributed by atoms with Crippen molar-refractivity contribution in [2.45, 2.75) is 52.0 Å². The van der Waals surface area contributed by atoms with Gasteiger partial charge in [-0.25, -0.2) is 0 Å². The Bertz CT molecular complexity index is 452. The van der Waals surface area contributed by atoms with E-state index in [1.165, 1.54) is 31.2 Å². The van der Waals surface area contributed by atoms with Crippen molar-refractivity contribution in [3.8, 4) is 0 Å². The topological polar surface area (TPSA) is 55.1 Å². The highest BCUT2D eigenvalue weighted by Crippen LogP contribution is 2.40. The lowest BCUT2D eigenvalue weighted by atomic mass is 9.83. The summed E-state index contributed by atoms with van der Waals surface area (Å²) in [7, 11) is 0. The molecule has 1 saturated carbocycles. The van der Waals surface area contributed by atoms with Crippen LogP contribution in [0.5, 0.6) is 0 Å². The Kier molecular flexibility index (Phi) is 6.69. The summed E-state index contributed by atoms with van der Waals surface area (Å²) >= 11 is 0. The van der Waals surface area contributed by atoms with E-state index < -0.39 is 6.04 Å². The van der Waals surface area contributed by atoms with Gasteiger partial charge in [-0.2, -0.15) is 0 Å². The van der Waals surface area contributed by atoms with Crippen molar-refractivity contribution >= 4 is 18.3 Å². The monoisotopic (exact) mass is 310 g/mol. The Morgan fingerprint density at radius 1 is 1.29 bits per heavy atom. The van der Waals surface area contributed by atoms with E-state index in [2.05, 4.69) is 12.2 Å². The largest absolute Gasteiger partial charge is 0.354 e. The third-order valence-electron chi connectivity index (χ3n) is 4.77. The van der Waals surface area contributed by atoms with E-state index in [4.69, 9.17) is 5.73 Å². The molecule has 1 amide bonds. The van der Waals surface area contributed by atoms with Gasteiger partial charge in [0, 0.05) is 6.54 Å². The summed E-state index contributed by atoms with van der Waals surface area (Å²) < 4.78 is 0. The number of rotatable bonds is 5. The average Bonchev–Trinajstić information content (AvgIpc) is 2.94. The van der Waals surface area contributed by atoms with Crippen molar-refractivity contribution in [2.75, 3.05) is 6.54 Å². The van der Waals surface area contributed by atoms with E-state index in [-0.39, 0.29) is 18.3 Å². The van der Waals surface area contributed by atoms with Crippen molar-refractivity contribution in [1.29, 1.82) is 0 Å². The molecule has 1 unspecified atom stereocenters. The van der Waals surface area contributed by atoms with Crippen LogP contribution in [0.4, 0.5) is 0 Å². The highest BCUT2D eigenvalue weighted by atomic mass is 35.5. The van der Waals surface area contributed by atoms with E-state index in [1.807, 2.05) is 31.2 Å². The number of hydrogen-bond acceptors (Lipinski definition) is 2. The number of amides is 1. The minimum absolute atomic E-state index is 0. The van der Waals surface area contributed by atoms with Gasteiger partial charge in [-0.3, -0.25) is 4.79 Å². The van der Waals surface area contributed by atoms with E-state index in [0.717, 1.165) is 18.5 Å². The van der Waals surface area contributed by atoms with Gasteiger partial charge in [-0.05, 0) is 37.2 Å². The standard InChI is InChI=1S/C17H26N2O.ClH/c1-3-17(10-4-5-11-17)12-19-16(20)15(18)14-8-6-13(2)7-9-14;/h6-9,15H,3-5,10-12,18H2,1-2H3,(H,19,20);1H. The number of nitrogens with two attached hydrogens (primary N) is 1. The number of carbonyl (C=O) groups excluding carboxylic acids is 1. The molecule has 1 aliphatic rings. The van der Waals surface area contributed by atoms with Crippen LogP contribution in [-0.2, 0) is 4.79 Å². The molecule has 0 saturated heterocycles. The lowest BCUT2D eigenvalue weighted by Gasteiger charge is -2.28. The maximum absolute atomic E-state index is 12.2. The number of halogens is 1. The molecule has 0 bridgehead atoms. The first-order chi connectivity index (χ1) is 9.56. The molecular formula is C17H27ClN2O. The van der Waals surface area contributed by atoms with Gasteiger partial charge in [-0.15, -0.1) is 12.4 Å². The van der Waals surface area contributed by atoms with Gasteiger partial charge in [0.25, 0.3) is 0 Å². The summed E-state index contributed by atoms with van der Waals surface area (Å²) in [6.07, 6.45) is 6.15. The average molecular weight is 311 g/mol. The number of nitrogens with one attached hydrogen (secondary N) is 1. The third-order valence-corrected chi connectivity index (χ3v) is 4.77. The summed E-state index contributed by atoms with van der Waals surface area (Å²) in [5, 5.41) is 3.07. The van der Waals surface area contributed by atoms with Crippen molar-refractivity contribution in [1.82, 2.24) is 5.32 Å². The van der Waals surface area contributed by atoms with E-state index >= 15 is 0 Å². The van der Waals surface area contributed by atoms with Crippen molar-refractivity contribution in [3.05, 3.63) is 35.4 Å². The predicted octanol–water partition coefficient (Wildman–Crippen LogP) is 3.50. The van der Waals surface area contributed by atoms with Crippen LogP contribution < -0.4 is 11.1 Å². The lowest BCUT2D eigenvalue weighted by molar-refractivity contribution is -0.123. The summed E-state index contributed by atoms with van der Waals surface area (Å²) in [4.78, 5) is 12.2. The third kappa shape index (κ3) is 4.45. The number of carbonyl (C=O) groups is 1. The van der Waals surface area contributed by atoms with Gasteiger partial charge in [0.1, 0.15) is 6.04 Å². The number of benzene rings is 1. The Labute approximate surface area is 134 Å². The fourth-order valence-corrected chi connectivity index (χ4v) is 3.09. The Morgan fingerprint density at radius 2 is 1.86 bits per heavy atom. The molecule has 0 spiro atoms. The summed E-state index contributed by atoms with van der Waals surface area (Å²) in [5.74, 6) is -0.0615. The molecule has 0 aromatic heterocycles. The zero-order chi connectivity index (χ0) is 14.6. The van der Waals surface area contributed by atoms with Crippen molar-refractivity contribution in [2.24, 2.45) is 11.1 Å². The van der Waals surface area contributed by atoms with Gasteiger partial charge in [0.15, 0.2) is 0 Å². The van der Waals surface area contributed by atoms with Crippen LogP contribution in [0.25, 0.3) is 0 Å². The maximum Gasteiger partial charge on any atom is 0.241 e. The second-order valence-electron chi connectivity index (χ2n) is 6.17. The van der Waals surface area contributed by atoms with Crippen LogP contribution in [0.2, 0.25) is 0 Å². The smallest absolute Gasteiger partial charge is 0.241 e. The minimum atomic E-state index is -0.564. The first kappa shape index (κ1) is 18.0. The molecule has 3 nitrogen and oxygen atoms in total. The van der Waals surface area contributed by atoms with Crippen LogP contribution in [0.15, 0.2) is 24.3 Å². The van der Waals surface area contributed by atoms with Gasteiger partial charge in [0.05, 0.1) is 0 Å². The van der Waals surface area contributed by atoms with Crippen molar-refractivity contribution < 1.29 is 4.79 Å². The normalized spacial score (nSPS) is 17.9. The van der Waals surface area contributed by atoms with Gasteiger partial charge >= 0.3 is 0 Å². The van der Waals surface area contributed by atoms with E-state index in [0.29, 0.717) is 5.41 Å². The SMILES string of the molecule is CCC1(CNC(=O)C(N)c2ccc(C)cc2)CCCC1.Cl. The van der Waals surface area contributed by atoms with Crippen LogP contribution in [0.1, 0.15) is 56.2 Å². The van der Waals surface area contributed by atoms with Gasteiger partial charge in [-0.1, -0.05) is 49.6 Å². The zero-order valence-electron chi connectivity index (χ0n) is 13.0. The number of hydrogen-bond donors (Lipinski definition) is 2. The Balaban J connectivity index is 0.00000220. The molecule has 4 heteroatoms. The molecule has 0 radical (unpaired) electrons. The van der Waals surface area contributed by atoms with Gasteiger partial charge in [0.2, 0.25) is 5.91 Å². The molecule has 0 heterocycles. The zero-order valence-corrected chi connectivity index (χ0v) is 13.8. The number of aryl methyl sites for hydroxylation is 1. The molecule has 1 fully saturated rings. The highest BCUT2D eigenvalue weighted by Gasteiger charge is 2.32. The van der Waals surface area contributed by atoms with Crippen LogP contribution in [0.3, 0.4) is 0 Å². The Hall–Kier alpha value is -1.06. The molecule has 1 aromatic rings. The first-order valence-electron chi connectivity index (χ1n) is 7.66. The molecule has 1 aliphatic carbocycles. The molecule has 3 N–H and O–H groups in total. The quantitative estimate of drug-likeness (QED) is 0.874. The maximum atomic E-state index is 12.2. The molecule has 21 heavy (non-hydrogen) atoms. The highest BCUT2D eigenvalue weighted by molar-refractivity contribution is 5.85. The first-order valence-corrected chi connectivity index (χ1v) is 7.66. The fourth-order valence-electron chi connectivity index (χ4n) is 3.09. The van der Waals surface area contributed by atoms with Crippen LogP contribution >= 0.6 is 12.4 Å². The van der Waals surface area contributed by atoms with Crippen LogP contribution in [0, 0.1) is 12.3 Å². The second kappa shape index (κ2) is 7.81. The van der Waals surface area contributed by atoms with Crippen molar-refractivity contribution in [3.63, 3.8) is 0 Å².